The monoisotopic (exact) mass is 444 g/mol. The molecule has 3 aromatic carbocycles. The molecule has 0 atom stereocenters. The molecule has 3 aromatic rings. The Morgan fingerprint density at radius 2 is 1.72 bits per heavy atom. The maximum Gasteiger partial charge on any atom is 0.164 e. The molecule has 0 radical (unpaired) electrons. The van der Waals surface area contributed by atoms with Crippen molar-refractivity contribution in [2.45, 2.75) is 19.9 Å². The Balaban J connectivity index is 1.51. The summed E-state index contributed by atoms with van der Waals surface area (Å²) in [6.07, 6.45) is 3.10. The van der Waals surface area contributed by atoms with Crippen LogP contribution in [0.1, 0.15) is 23.6 Å². The highest BCUT2D eigenvalue weighted by molar-refractivity contribution is 8.17. The van der Waals surface area contributed by atoms with Gasteiger partial charge in [-0.05, 0) is 48.2 Å². The molecule has 0 aromatic heterocycles. The van der Waals surface area contributed by atoms with Crippen molar-refractivity contribution in [2.24, 2.45) is 4.99 Å². The summed E-state index contributed by atoms with van der Waals surface area (Å²) in [4.78, 5) is 8.49. The molecule has 1 heterocycles. The highest BCUT2D eigenvalue weighted by atomic mass is 32.2. The van der Waals surface area contributed by atoms with Gasteiger partial charge in [0.15, 0.2) is 16.7 Å². The molecule has 1 fully saturated rings. The van der Waals surface area contributed by atoms with E-state index >= 15 is 0 Å². The van der Waals surface area contributed by atoms with Crippen LogP contribution in [-0.2, 0) is 13.0 Å². The summed E-state index contributed by atoms with van der Waals surface area (Å²) in [6, 6.07) is 26.5. The van der Waals surface area contributed by atoms with Crippen molar-refractivity contribution in [3.8, 4) is 11.5 Å². The molecule has 164 valence electrons. The van der Waals surface area contributed by atoms with Crippen molar-refractivity contribution in [1.82, 2.24) is 4.90 Å². The van der Waals surface area contributed by atoms with Crippen LogP contribution in [-0.4, -0.2) is 34.9 Å². The Morgan fingerprint density at radius 3 is 2.41 bits per heavy atom. The van der Waals surface area contributed by atoms with E-state index in [0.717, 1.165) is 30.2 Å². The van der Waals surface area contributed by atoms with E-state index in [1.807, 2.05) is 37.3 Å². The van der Waals surface area contributed by atoms with Crippen LogP contribution in [0.15, 0.2) is 88.8 Å². The van der Waals surface area contributed by atoms with E-state index in [2.05, 4.69) is 53.4 Å². The molecule has 32 heavy (non-hydrogen) atoms. The predicted octanol–water partition coefficient (Wildman–Crippen LogP) is 5.98. The van der Waals surface area contributed by atoms with Gasteiger partial charge in [-0.25, -0.2) is 0 Å². The van der Waals surface area contributed by atoms with Crippen LogP contribution in [0, 0.1) is 0 Å². The highest BCUT2D eigenvalue weighted by Gasteiger charge is 2.23. The zero-order valence-electron chi connectivity index (χ0n) is 18.3. The Labute approximate surface area is 194 Å². The van der Waals surface area contributed by atoms with Crippen LogP contribution < -0.4 is 4.74 Å². The fourth-order valence-corrected chi connectivity index (χ4v) is 4.65. The summed E-state index contributed by atoms with van der Waals surface area (Å²) in [6.45, 7) is 4.84. The highest BCUT2D eigenvalue weighted by Crippen LogP contribution is 2.34. The lowest BCUT2D eigenvalue weighted by atomic mass is 10.1. The number of thioether (sulfide) groups is 1. The van der Waals surface area contributed by atoms with E-state index in [1.165, 1.54) is 16.0 Å². The van der Waals surface area contributed by atoms with Gasteiger partial charge in [-0.3, -0.25) is 4.99 Å². The van der Waals surface area contributed by atoms with Crippen molar-refractivity contribution in [3.63, 3.8) is 0 Å². The fraction of sp³-hybridized carbons (Fsp3) is 0.222. The summed E-state index contributed by atoms with van der Waals surface area (Å²) in [5.41, 5.74) is 3.49. The number of phenols is 1. The zero-order chi connectivity index (χ0) is 22.2. The third kappa shape index (κ3) is 5.95. The summed E-state index contributed by atoms with van der Waals surface area (Å²) in [7, 11) is 0. The number of benzene rings is 3. The minimum Gasteiger partial charge on any atom is -0.504 e. The Bertz CT molecular complexity index is 1080. The number of rotatable bonds is 8. The number of hydrogen-bond donors (Lipinski definition) is 1. The molecular weight excluding hydrogens is 416 g/mol. The molecule has 5 heteroatoms. The number of aliphatic imine (C=N–C) groups is 1. The van der Waals surface area contributed by atoms with E-state index in [0.29, 0.717) is 18.9 Å². The molecule has 0 bridgehead atoms. The molecule has 4 rings (SSSR count). The normalized spacial score (nSPS) is 16.1. The van der Waals surface area contributed by atoms with Crippen molar-refractivity contribution < 1.29 is 9.84 Å². The summed E-state index contributed by atoms with van der Waals surface area (Å²) >= 11 is 1.71. The number of ether oxygens (including phenoxy) is 1. The zero-order valence-corrected chi connectivity index (χ0v) is 19.1. The maximum atomic E-state index is 10.2. The van der Waals surface area contributed by atoms with E-state index < -0.39 is 0 Å². The average molecular weight is 445 g/mol. The van der Waals surface area contributed by atoms with Gasteiger partial charge in [-0.15, -0.1) is 0 Å². The predicted molar refractivity (Wildman–Crippen MR) is 134 cm³/mol. The van der Waals surface area contributed by atoms with E-state index in [4.69, 9.17) is 9.73 Å². The van der Waals surface area contributed by atoms with Crippen LogP contribution in [0.5, 0.6) is 11.5 Å². The van der Waals surface area contributed by atoms with Gasteiger partial charge in [0, 0.05) is 11.4 Å². The van der Waals surface area contributed by atoms with Crippen LogP contribution >= 0.6 is 11.8 Å². The SMILES string of the molecule is CCOc1ccc(/C=C2/CN(CCc3ccccc3)/C(=N/Cc3ccccc3)S2)cc1O. The quantitative estimate of drug-likeness (QED) is 0.464. The standard InChI is InChI=1S/C27H28N2O2S/c1-2-31-26-14-13-23(18-25(26)30)17-24-20-29(16-15-21-9-5-3-6-10-21)27(32-24)28-19-22-11-7-4-8-12-22/h3-14,17-18,30H,2,15-16,19-20H2,1H3/b24-17-,28-27-. The Morgan fingerprint density at radius 1 is 1.00 bits per heavy atom. The van der Waals surface area contributed by atoms with Crippen LogP contribution in [0.2, 0.25) is 0 Å². The first kappa shape index (κ1) is 22.0. The van der Waals surface area contributed by atoms with Crippen LogP contribution in [0.3, 0.4) is 0 Å². The van der Waals surface area contributed by atoms with Crippen molar-refractivity contribution in [3.05, 3.63) is 100 Å². The number of phenolic OH excluding ortho intramolecular Hbond substituents is 1. The van der Waals surface area contributed by atoms with Crippen molar-refractivity contribution >= 4 is 23.0 Å². The first-order valence-electron chi connectivity index (χ1n) is 10.9. The number of amidine groups is 1. The molecule has 0 aliphatic carbocycles. The lowest BCUT2D eigenvalue weighted by Gasteiger charge is -2.17. The fourth-order valence-electron chi connectivity index (χ4n) is 3.59. The van der Waals surface area contributed by atoms with Gasteiger partial charge >= 0.3 is 0 Å². The van der Waals surface area contributed by atoms with Crippen molar-refractivity contribution in [1.29, 1.82) is 0 Å². The van der Waals surface area contributed by atoms with Gasteiger partial charge in [-0.2, -0.15) is 0 Å². The number of aromatic hydroxyl groups is 1. The smallest absolute Gasteiger partial charge is 0.164 e. The van der Waals surface area contributed by atoms with E-state index in [9.17, 15) is 5.11 Å². The van der Waals surface area contributed by atoms with E-state index in [1.54, 1.807) is 17.8 Å². The first-order chi connectivity index (χ1) is 15.7. The Hall–Kier alpha value is -3.18. The Kier molecular flexibility index (Phi) is 7.51. The number of nitrogens with zero attached hydrogens (tertiary/aromatic N) is 2. The third-order valence-corrected chi connectivity index (χ3v) is 6.28. The van der Waals surface area contributed by atoms with Crippen LogP contribution in [0.4, 0.5) is 0 Å². The molecule has 1 N–H and O–H groups in total. The molecule has 0 unspecified atom stereocenters. The molecule has 0 saturated carbocycles. The summed E-state index contributed by atoms with van der Waals surface area (Å²) in [5, 5.41) is 11.3. The van der Waals surface area contributed by atoms with E-state index in [-0.39, 0.29) is 5.75 Å². The summed E-state index contributed by atoms with van der Waals surface area (Å²) < 4.78 is 5.44. The molecular formula is C27H28N2O2S. The average Bonchev–Trinajstić information content (AvgIpc) is 3.21. The molecule has 0 amide bonds. The topological polar surface area (TPSA) is 45.1 Å². The maximum absolute atomic E-state index is 10.2. The molecule has 1 aliphatic rings. The molecule has 0 spiro atoms. The molecule has 1 saturated heterocycles. The lowest BCUT2D eigenvalue weighted by Crippen LogP contribution is -2.26. The van der Waals surface area contributed by atoms with Gasteiger partial charge < -0.3 is 14.7 Å². The van der Waals surface area contributed by atoms with Gasteiger partial charge in [0.2, 0.25) is 0 Å². The third-order valence-electron chi connectivity index (χ3n) is 5.20. The molecule has 1 aliphatic heterocycles. The second-order valence-electron chi connectivity index (χ2n) is 7.61. The second kappa shape index (κ2) is 10.9. The van der Waals surface area contributed by atoms with Gasteiger partial charge in [0.05, 0.1) is 19.7 Å². The second-order valence-corrected chi connectivity index (χ2v) is 8.71. The van der Waals surface area contributed by atoms with Gasteiger partial charge in [0.1, 0.15) is 0 Å². The number of hydrogen-bond acceptors (Lipinski definition) is 4. The first-order valence-corrected chi connectivity index (χ1v) is 11.7. The summed E-state index contributed by atoms with van der Waals surface area (Å²) in [5.74, 6) is 0.687. The minimum atomic E-state index is 0.170. The van der Waals surface area contributed by atoms with Gasteiger partial charge in [-0.1, -0.05) is 78.5 Å². The minimum absolute atomic E-state index is 0.170. The molecule has 4 nitrogen and oxygen atoms in total. The van der Waals surface area contributed by atoms with Crippen molar-refractivity contribution in [2.75, 3.05) is 19.7 Å². The lowest BCUT2D eigenvalue weighted by molar-refractivity contribution is 0.318. The largest absolute Gasteiger partial charge is 0.504 e. The van der Waals surface area contributed by atoms with Gasteiger partial charge in [0.25, 0.3) is 0 Å². The van der Waals surface area contributed by atoms with Crippen LogP contribution in [0.25, 0.3) is 6.08 Å².